The maximum atomic E-state index is 12.8. The number of ether oxygens (including phenoxy) is 3. The van der Waals surface area contributed by atoms with E-state index in [1.165, 1.54) is 42.5 Å². The number of rotatable bonds is 7. The zero-order valence-corrected chi connectivity index (χ0v) is 20.5. The van der Waals surface area contributed by atoms with E-state index in [0.717, 1.165) is 10.3 Å². The summed E-state index contributed by atoms with van der Waals surface area (Å²) in [7, 11) is 0. The summed E-state index contributed by atoms with van der Waals surface area (Å²) in [6, 6.07) is 16.5. The average molecular weight is 503 g/mol. The van der Waals surface area contributed by atoms with E-state index >= 15 is 0 Å². The summed E-state index contributed by atoms with van der Waals surface area (Å²) < 4.78 is 17.2. The van der Waals surface area contributed by atoms with Crippen LogP contribution in [0.5, 0.6) is 17.2 Å². The molecule has 7 nitrogen and oxygen atoms in total. The van der Waals surface area contributed by atoms with Crippen molar-refractivity contribution >= 4 is 49.4 Å². The molecule has 4 aromatic rings. The van der Waals surface area contributed by atoms with Crippen LogP contribution < -0.4 is 19.6 Å². The topological polar surface area (TPSA) is 96.0 Å². The SMILES string of the molecule is C=C(C)C(=O)Oc1ccc(OC(=O)CCC(=O)Oc2ccc3c(=O)c4cc(C)ccc4sc3c2)cc1. The molecule has 0 spiro atoms. The Morgan fingerprint density at radius 3 is 1.97 bits per heavy atom. The van der Waals surface area contributed by atoms with Gasteiger partial charge in [0.05, 0.1) is 12.8 Å². The maximum Gasteiger partial charge on any atom is 0.338 e. The number of carbonyl (C=O) groups excluding carboxylic acids is 3. The van der Waals surface area contributed by atoms with Crippen LogP contribution in [0.4, 0.5) is 0 Å². The third-order valence-corrected chi connectivity index (χ3v) is 6.31. The Hall–Kier alpha value is -4.30. The third kappa shape index (κ3) is 5.84. The second-order valence-electron chi connectivity index (χ2n) is 8.18. The molecule has 4 rings (SSSR count). The van der Waals surface area contributed by atoms with E-state index in [4.69, 9.17) is 14.2 Å². The molecule has 0 aliphatic heterocycles. The molecule has 0 N–H and O–H groups in total. The van der Waals surface area contributed by atoms with Gasteiger partial charge in [0.25, 0.3) is 0 Å². The van der Waals surface area contributed by atoms with Crippen molar-refractivity contribution in [2.45, 2.75) is 26.7 Å². The fourth-order valence-electron chi connectivity index (χ4n) is 3.35. The Kier molecular flexibility index (Phi) is 7.26. The third-order valence-electron chi connectivity index (χ3n) is 5.18. The predicted molar refractivity (Wildman–Crippen MR) is 138 cm³/mol. The Balaban J connectivity index is 1.34. The molecule has 0 fully saturated rings. The second-order valence-corrected chi connectivity index (χ2v) is 9.26. The predicted octanol–water partition coefficient (Wildman–Crippen LogP) is 5.50. The molecular weight excluding hydrogens is 480 g/mol. The van der Waals surface area contributed by atoms with Crippen molar-refractivity contribution in [3.8, 4) is 17.2 Å². The number of hydrogen-bond donors (Lipinski definition) is 0. The zero-order valence-electron chi connectivity index (χ0n) is 19.7. The smallest absolute Gasteiger partial charge is 0.338 e. The van der Waals surface area contributed by atoms with Gasteiger partial charge in [-0.25, -0.2) is 4.79 Å². The lowest BCUT2D eigenvalue weighted by Crippen LogP contribution is -2.14. The molecule has 36 heavy (non-hydrogen) atoms. The fraction of sp³-hybridized carbons (Fsp3) is 0.143. The monoisotopic (exact) mass is 502 g/mol. The number of aryl methyl sites for hydroxylation is 1. The van der Waals surface area contributed by atoms with E-state index in [0.29, 0.717) is 21.2 Å². The molecule has 0 saturated heterocycles. The molecule has 0 aliphatic carbocycles. The summed E-state index contributed by atoms with van der Waals surface area (Å²) in [5.74, 6) is -0.940. The van der Waals surface area contributed by atoms with Gasteiger partial charge in [-0.2, -0.15) is 0 Å². The summed E-state index contributed by atoms with van der Waals surface area (Å²) in [5, 5.41) is 1.22. The van der Waals surface area contributed by atoms with Crippen LogP contribution in [-0.4, -0.2) is 17.9 Å². The molecule has 1 aromatic heterocycles. The number of benzene rings is 3. The van der Waals surface area contributed by atoms with Gasteiger partial charge in [0, 0.05) is 25.7 Å². The summed E-state index contributed by atoms with van der Waals surface area (Å²) in [5.41, 5.74) is 1.21. The normalized spacial score (nSPS) is 10.7. The highest BCUT2D eigenvalue weighted by Crippen LogP contribution is 2.28. The number of esters is 3. The van der Waals surface area contributed by atoms with E-state index in [2.05, 4.69) is 6.58 Å². The minimum absolute atomic E-state index is 0.0647. The van der Waals surface area contributed by atoms with Gasteiger partial charge in [0.2, 0.25) is 0 Å². The van der Waals surface area contributed by atoms with Crippen LogP contribution >= 0.6 is 11.3 Å². The lowest BCUT2D eigenvalue weighted by molar-refractivity contribution is -0.140. The van der Waals surface area contributed by atoms with Gasteiger partial charge >= 0.3 is 17.9 Å². The molecule has 0 atom stereocenters. The van der Waals surface area contributed by atoms with Crippen molar-refractivity contribution in [2.75, 3.05) is 0 Å². The molecule has 0 saturated carbocycles. The molecule has 3 aromatic carbocycles. The van der Waals surface area contributed by atoms with E-state index < -0.39 is 17.9 Å². The van der Waals surface area contributed by atoms with Crippen molar-refractivity contribution in [3.63, 3.8) is 0 Å². The highest BCUT2D eigenvalue weighted by atomic mass is 32.1. The van der Waals surface area contributed by atoms with Crippen LogP contribution in [0.3, 0.4) is 0 Å². The van der Waals surface area contributed by atoms with Crippen molar-refractivity contribution in [2.24, 2.45) is 0 Å². The van der Waals surface area contributed by atoms with E-state index in [-0.39, 0.29) is 35.3 Å². The Morgan fingerprint density at radius 1 is 0.750 bits per heavy atom. The highest BCUT2D eigenvalue weighted by molar-refractivity contribution is 7.24. The van der Waals surface area contributed by atoms with Gasteiger partial charge in [-0.1, -0.05) is 18.2 Å². The minimum Gasteiger partial charge on any atom is -0.427 e. The first-order valence-electron chi connectivity index (χ1n) is 11.1. The molecule has 0 radical (unpaired) electrons. The lowest BCUT2D eigenvalue weighted by atomic mass is 10.1. The summed E-state index contributed by atoms with van der Waals surface area (Å²) in [4.78, 5) is 48.8. The minimum atomic E-state index is -0.614. The maximum absolute atomic E-state index is 12.8. The van der Waals surface area contributed by atoms with E-state index in [1.807, 2.05) is 25.1 Å². The Bertz CT molecular complexity index is 1570. The van der Waals surface area contributed by atoms with E-state index in [9.17, 15) is 19.2 Å². The van der Waals surface area contributed by atoms with Crippen LogP contribution in [0.1, 0.15) is 25.3 Å². The van der Waals surface area contributed by atoms with Gasteiger partial charge in [-0.05, 0) is 68.4 Å². The van der Waals surface area contributed by atoms with Crippen LogP contribution in [0, 0.1) is 6.92 Å². The van der Waals surface area contributed by atoms with Crippen LogP contribution in [0.15, 0.2) is 77.6 Å². The quantitative estimate of drug-likeness (QED) is 0.143. The lowest BCUT2D eigenvalue weighted by Gasteiger charge is -2.08. The van der Waals surface area contributed by atoms with Crippen LogP contribution in [0.25, 0.3) is 20.2 Å². The molecule has 0 aliphatic rings. The number of hydrogen-bond acceptors (Lipinski definition) is 8. The van der Waals surface area contributed by atoms with E-state index in [1.54, 1.807) is 18.2 Å². The first kappa shape index (κ1) is 24.8. The van der Waals surface area contributed by atoms with Crippen molar-refractivity contribution in [1.82, 2.24) is 0 Å². The van der Waals surface area contributed by atoms with Crippen LogP contribution in [-0.2, 0) is 14.4 Å². The molecule has 0 unspecified atom stereocenters. The molecule has 182 valence electrons. The fourth-order valence-corrected chi connectivity index (χ4v) is 4.43. The number of fused-ring (bicyclic) bond motifs is 2. The van der Waals surface area contributed by atoms with Gasteiger partial charge in [-0.3, -0.25) is 14.4 Å². The summed E-state index contributed by atoms with van der Waals surface area (Å²) in [6.45, 7) is 6.98. The molecule has 8 heteroatoms. The summed E-state index contributed by atoms with van der Waals surface area (Å²) >= 11 is 1.44. The first-order valence-corrected chi connectivity index (χ1v) is 11.9. The van der Waals surface area contributed by atoms with Gasteiger partial charge in [0.15, 0.2) is 5.43 Å². The largest absolute Gasteiger partial charge is 0.427 e. The summed E-state index contributed by atoms with van der Waals surface area (Å²) in [6.07, 6.45) is -0.367. The van der Waals surface area contributed by atoms with Crippen molar-refractivity contribution < 1.29 is 28.6 Å². The zero-order chi connectivity index (χ0) is 25.8. The molecule has 1 heterocycles. The van der Waals surface area contributed by atoms with Gasteiger partial charge in [-0.15, -0.1) is 11.3 Å². The first-order chi connectivity index (χ1) is 17.2. The second kappa shape index (κ2) is 10.5. The van der Waals surface area contributed by atoms with Gasteiger partial charge < -0.3 is 14.2 Å². The standard InChI is InChI=1S/C28H22O7S/c1-16(2)28(32)35-19-7-5-18(6-8-19)33-25(29)12-13-26(30)34-20-9-10-21-24(15-20)36-23-11-4-17(3)14-22(23)27(21)31/h4-11,14-15H,1,12-13H2,2-3H3. The molecular formula is C28H22O7S. The Morgan fingerprint density at radius 2 is 1.33 bits per heavy atom. The van der Waals surface area contributed by atoms with Gasteiger partial charge in [0.1, 0.15) is 17.2 Å². The average Bonchev–Trinajstić information content (AvgIpc) is 2.84. The van der Waals surface area contributed by atoms with Crippen molar-refractivity contribution in [1.29, 1.82) is 0 Å². The van der Waals surface area contributed by atoms with Crippen molar-refractivity contribution in [3.05, 3.63) is 88.6 Å². The van der Waals surface area contributed by atoms with Crippen LogP contribution in [0.2, 0.25) is 0 Å². The molecule has 0 amide bonds. The highest BCUT2D eigenvalue weighted by Gasteiger charge is 2.13. The Labute approximate surface area is 210 Å². The molecule has 0 bridgehead atoms. The number of carbonyl (C=O) groups is 3.